The summed E-state index contributed by atoms with van der Waals surface area (Å²) in [5.41, 5.74) is 1.03. The number of hydrogen-bond acceptors (Lipinski definition) is 7. The summed E-state index contributed by atoms with van der Waals surface area (Å²) in [4.78, 5) is 28.3. The van der Waals surface area contributed by atoms with Gasteiger partial charge in [0.15, 0.2) is 0 Å². The van der Waals surface area contributed by atoms with Crippen LogP contribution >= 0.6 is 0 Å². The van der Waals surface area contributed by atoms with Crippen LogP contribution in [0.2, 0.25) is 0 Å². The Bertz CT molecular complexity index is 1070. The van der Waals surface area contributed by atoms with Crippen molar-refractivity contribution in [1.82, 2.24) is 25.1 Å². The molecule has 4 heterocycles. The summed E-state index contributed by atoms with van der Waals surface area (Å²) >= 11 is 0. The Kier molecular flexibility index (Phi) is 5.45. The topological polar surface area (TPSA) is 120 Å². The van der Waals surface area contributed by atoms with Crippen LogP contribution in [0.25, 0.3) is 11.3 Å². The van der Waals surface area contributed by atoms with E-state index in [0.717, 1.165) is 11.4 Å². The van der Waals surface area contributed by atoms with Crippen LogP contribution in [0.3, 0.4) is 0 Å². The third-order valence-corrected chi connectivity index (χ3v) is 6.15. The first-order chi connectivity index (χ1) is 14.7. The minimum Gasteiger partial charge on any atom is -0.389 e. The van der Waals surface area contributed by atoms with Crippen molar-refractivity contribution < 1.29 is 9.90 Å². The molecule has 1 aliphatic heterocycles. The van der Waals surface area contributed by atoms with Crippen molar-refractivity contribution in [3.05, 3.63) is 48.2 Å². The molecule has 0 radical (unpaired) electrons. The number of aromatic nitrogens is 5. The molecule has 0 bridgehead atoms. The Morgan fingerprint density at radius 3 is 2.65 bits per heavy atom. The summed E-state index contributed by atoms with van der Waals surface area (Å²) in [6, 6.07) is 7.03. The second-order valence-electron chi connectivity index (χ2n) is 8.44. The molecular weight excluding hydrogens is 394 g/mol. The van der Waals surface area contributed by atoms with Gasteiger partial charge in [-0.25, -0.2) is 15.0 Å². The molecule has 3 aromatic rings. The predicted octanol–water partition coefficient (Wildman–Crippen LogP) is 2.67. The number of hydrogen-bond donors (Lipinski definition) is 3. The van der Waals surface area contributed by atoms with Crippen LogP contribution in [0.4, 0.5) is 11.6 Å². The summed E-state index contributed by atoms with van der Waals surface area (Å²) < 4.78 is 0. The molecule has 9 nitrogen and oxygen atoms in total. The van der Waals surface area contributed by atoms with Crippen LogP contribution in [-0.2, 0) is 0 Å². The molecule has 9 heteroatoms. The number of aromatic amines is 1. The van der Waals surface area contributed by atoms with Gasteiger partial charge in [0.2, 0.25) is 0 Å². The fraction of sp³-hybridized carbons (Fsp3) is 0.409. The Morgan fingerprint density at radius 1 is 1.23 bits per heavy atom. The number of nitrogens with one attached hydrogen (secondary N) is 2. The Labute approximate surface area is 181 Å². The summed E-state index contributed by atoms with van der Waals surface area (Å²) in [5, 5.41) is 20.2. The first-order valence-electron chi connectivity index (χ1n) is 10.3. The summed E-state index contributed by atoms with van der Waals surface area (Å²) in [6.45, 7) is 9.12. The third-order valence-electron chi connectivity index (χ3n) is 6.15. The first kappa shape index (κ1) is 20.9. The lowest BCUT2D eigenvalue weighted by Gasteiger charge is -2.46. The number of rotatable bonds is 4. The molecule has 0 aromatic carbocycles. The number of H-pyrrole nitrogens is 1. The quantitative estimate of drug-likeness (QED) is 0.592. The standard InChI is InChI=1S/C22H27N7O2/c1-13-11-29(12-14(2)22(13,4)31)20-8-19(25-15(3)26-20)28-21(30)18-7-5-6-17(27-18)16-9-23-24-10-16/h5-10,13-14,31H,11-12H2,1-4H3,(H,23,24)(H,25,26,28,30)/t13-,14+,22-. The lowest BCUT2D eigenvalue weighted by molar-refractivity contribution is -0.0504. The van der Waals surface area contributed by atoms with Crippen LogP contribution in [-0.4, -0.2) is 54.9 Å². The maximum absolute atomic E-state index is 12.8. The molecule has 0 spiro atoms. The molecular formula is C22H27N7O2. The van der Waals surface area contributed by atoms with E-state index in [1.54, 1.807) is 37.5 Å². The highest BCUT2D eigenvalue weighted by atomic mass is 16.3. The maximum Gasteiger partial charge on any atom is 0.275 e. The molecule has 3 aromatic heterocycles. The van der Waals surface area contributed by atoms with Crippen molar-refractivity contribution in [3.63, 3.8) is 0 Å². The number of aryl methyl sites for hydroxylation is 1. The van der Waals surface area contributed by atoms with Crippen LogP contribution in [0, 0.1) is 18.8 Å². The van der Waals surface area contributed by atoms with Gasteiger partial charge in [0, 0.05) is 42.8 Å². The molecule has 3 atom stereocenters. The normalized spacial score (nSPS) is 23.6. The van der Waals surface area contributed by atoms with Crippen LogP contribution < -0.4 is 10.2 Å². The molecule has 0 aliphatic carbocycles. The monoisotopic (exact) mass is 421 g/mol. The molecule has 162 valence electrons. The average molecular weight is 422 g/mol. The van der Waals surface area contributed by atoms with Gasteiger partial charge in [-0.05, 0) is 26.0 Å². The van der Waals surface area contributed by atoms with E-state index in [9.17, 15) is 9.90 Å². The van der Waals surface area contributed by atoms with Gasteiger partial charge in [0.25, 0.3) is 5.91 Å². The van der Waals surface area contributed by atoms with Gasteiger partial charge in [-0.2, -0.15) is 5.10 Å². The Morgan fingerprint density at radius 2 is 1.97 bits per heavy atom. The number of anilines is 2. The number of amides is 1. The van der Waals surface area contributed by atoms with E-state index in [2.05, 4.69) is 35.4 Å². The van der Waals surface area contributed by atoms with Gasteiger partial charge in [0.1, 0.15) is 23.2 Å². The number of carbonyl (C=O) groups excluding carboxylic acids is 1. The minimum atomic E-state index is -0.721. The first-order valence-corrected chi connectivity index (χ1v) is 10.3. The zero-order valence-corrected chi connectivity index (χ0v) is 18.1. The van der Waals surface area contributed by atoms with Gasteiger partial charge in [-0.1, -0.05) is 19.9 Å². The second kappa shape index (κ2) is 8.07. The largest absolute Gasteiger partial charge is 0.389 e. The van der Waals surface area contributed by atoms with Gasteiger partial charge >= 0.3 is 0 Å². The predicted molar refractivity (Wildman–Crippen MR) is 118 cm³/mol. The smallest absolute Gasteiger partial charge is 0.275 e. The molecule has 4 rings (SSSR count). The molecule has 31 heavy (non-hydrogen) atoms. The molecule has 1 aliphatic rings. The van der Waals surface area contributed by atoms with E-state index in [-0.39, 0.29) is 23.4 Å². The summed E-state index contributed by atoms with van der Waals surface area (Å²) in [5.74, 6) is 1.53. The van der Waals surface area contributed by atoms with Crippen molar-refractivity contribution in [2.75, 3.05) is 23.3 Å². The highest BCUT2D eigenvalue weighted by Crippen LogP contribution is 2.34. The van der Waals surface area contributed by atoms with Crippen molar-refractivity contribution in [3.8, 4) is 11.3 Å². The highest BCUT2D eigenvalue weighted by Gasteiger charge is 2.40. The zero-order valence-electron chi connectivity index (χ0n) is 18.1. The van der Waals surface area contributed by atoms with E-state index < -0.39 is 5.60 Å². The lowest BCUT2D eigenvalue weighted by atomic mass is 9.76. The van der Waals surface area contributed by atoms with Crippen LogP contribution in [0.5, 0.6) is 0 Å². The number of aliphatic hydroxyl groups is 1. The minimum absolute atomic E-state index is 0.0828. The molecule has 3 N–H and O–H groups in total. The SMILES string of the molecule is Cc1nc(NC(=O)c2cccc(-c3cn[nH]c3)n2)cc(N2C[C@@H](C)[C@@](C)(O)[C@@H](C)C2)n1. The van der Waals surface area contributed by atoms with E-state index in [0.29, 0.717) is 30.4 Å². The third kappa shape index (κ3) is 4.27. The second-order valence-corrected chi connectivity index (χ2v) is 8.44. The van der Waals surface area contributed by atoms with Gasteiger partial charge in [-0.15, -0.1) is 0 Å². The maximum atomic E-state index is 12.8. The van der Waals surface area contributed by atoms with E-state index in [4.69, 9.17) is 0 Å². The number of nitrogens with zero attached hydrogens (tertiary/aromatic N) is 5. The molecule has 0 unspecified atom stereocenters. The molecule has 1 amide bonds. The average Bonchev–Trinajstić information content (AvgIpc) is 3.26. The number of pyridine rings is 1. The molecule has 1 fully saturated rings. The number of carbonyl (C=O) groups is 1. The van der Waals surface area contributed by atoms with Crippen molar-refractivity contribution in [2.24, 2.45) is 11.8 Å². The summed E-state index contributed by atoms with van der Waals surface area (Å²) in [7, 11) is 0. The fourth-order valence-electron chi connectivity index (χ4n) is 3.85. The Hall–Kier alpha value is -3.33. The van der Waals surface area contributed by atoms with Gasteiger partial charge in [-0.3, -0.25) is 9.89 Å². The van der Waals surface area contributed by atoms with E-state index in [1.165, 1.54) is 0 Å². The molecule has 1 saturated heterocycles. The van der Waals surface area contributed by atoms with E-state index in [1.807, 2.05) is 26.8 Å². The van der Waals surface area contributed by atoms with Gasteiger partial charge < -0.3 is 15.3 Å². The zero-order chi connectivity index (χ0) is 22.2. The van der Waals surface area contributed by atoms with Crippen molar-refractivity contribution >= 4 is 17.5 Å². The number of piperidine rings is 1. The summed E-state index contributed by atoms with van der Waals surface area (Å²) in [6.07, 6.45) is 3.38. The molecule has 0 saturated carbocycles. The lowest BCUT2D eigenvalue weighted by Crippen LogP contribution is -2.55. The van der Waals surface area contributed by atoms with Gasteiger partial charge in [0.05, 0.1) is 17.5 Å². The fourth-order valence-corrected chi connectivity index (χ4v) is 3.85. The highest BCUT2D eigenvalue weighted by molar-refractivity contribution is 6.02. The van der Waals surface area contributed by atoms with E-state index >= 15 is 0 Å². The van der Waals surface area contributed by atoms with Crippen molar-refractivity contribution in [1.29, 1.82) is 0 Å². The van der Waals surface area contributed by atoms with Crippen molar-refractivity contribution in [2.45, 2.75) is 33.3 Å². The Balaban J connectivity index is 1.54. The van der Waals surface area contributed by atoms with Crippen LogP contribution in [0.15, 0.2) is 36.7 Å². The van der Waals surface area contributed by atoms with Crippen LogP contribution in [0.1, 0.15) is 37.1 Å².